The summed E-state index contributed by atoms with van der Waals surface area (Å²) in [4.78, 5) is 14.9. The Morgan fingerprint density at radius 1 is 0.903 bits per heavy atom. The molecule has 7 heteroatoms. The van der Waals surface area contributed by atoms with Crippen LogP contribution in [0.4, 0.5) is 0 Å². The lowest BCUT2D eigenvalue weighted by atomic mass is 10.0. The Morgan fingerprint density at radius 3 is 2.16 bits per heavy atom. The first-order chi connectivity index (χ1) is 15.1. The molecule has 0 N–H and O–H groups in total. The highest BCUT2D eigenvalue weighted by atomic mass is 16.5. The molecular weight excluding hydrogens is 398 g/mol. The summed E-state index contributed by atoms with van der Waals surface area (Å²) in [6, 6.07) is 9.28. The van der Waals surface area contributed by atoms with Gasteiger partial charge in [0.05, 0.1) is 41.6 Å². The summed E-state index contributed by atoms with van der Waals surface area (Å²) in [5.74, 6) is 2.97. The lowest BCUT2D eigenvalue weighted by Gasteiger charge is -2.25. The molecule has 1 heterocycles. The van der Waals surface area contributed by atoms with Crippen molar-refractivity contribution >= 4 is 12.0 Å². The van der Waals surface area contributed by atoms with Crippen molar-refractivity contribution in [1.29, 1.82) is 0 Å². The third-order valence-corrected chi connectivity index (χ3v) is 5.44. The fourth-order valence-electron chi connectivity index (χ4n) is 3.91. The molecule has 1 unspecified atom stereocenters. The molecule has 0 bridgehead atoms. The maximum Gasteiger partial charge on any atom is 0.247 e. The Bertz CT molecular complexity index is 930. The minimum Gasteiger partial charge on any atom is -0.497 e. The van der Waals surface area contributed by atoms with Gasteiger partial charge in [0.1, 0.15) is 11.5 Å². The third kappa shape index (κ3) is 4.71. The van der Waals surface area contributed by atoms with E-state index >= 15 is 0 Å². The van der Waals surface area contributed by atoms with Gasteiger partial charge in [-0.3, -0.25) is 4.79 Å². The summed E-state index contributed by atoms with van der Waals surface area (Å²) >= 11 is 0. The van der Waals surface area contributed by atoms with Gasteiger partial charge in [0, 0.05) is 24.3 Å². The van der Waals surface area contributed by atoms with Gasteiger partial charge in [0.15, 0.2) is 11.5 Å². The van der Waals surface area contributed by atoms with Crippen molar-refractivity contribution in [1.82, 2.24) is 4.90 Å². The van der Waals surface area contributed by atoms with E-state index in [1.807, 2.05) is 23.1 Å². The molecule has 7 nitrogen and oxygen atoms in total. The molecule has 2 aromatic rings. The van der Waals surface area contributed by atoms with Crippen LogP contribution in [0.3, 0.4) is 0 Å². The van der Waals surface area contributed by atoms with Crippen molar-refractivity contribution in [3.63, 3.8) is 0 Å². The molecule has 1 aliphatic heterocycles. The Kier molecular flexibility index (Phi) is 7.28. The summed E-state index contributed by atoms with van der Waals surface area (Å²) < 4.78 is 27.0. The van der Waals surface area contributed by atoms with Gasteiger partial charge < -0.3 is 28.6 Å². The van der Waals surface area contributed by atoms with Crippen LogP contribution >= 0.6 is 0 Å². The Morgan fingerprint density at radius 2 is 1.58 bits per heavy atom. The molecule has 1 amide bonds. The van der Waals surface area contributed by atoms with Gasteiger partial charge >= 0.3 is 0 Å². The predicted molar refractivity (Wildman–Crippen MR) is 118 cm³/mol. The van der Waals surface area contributed by atoms with E-state index in [9.17, 15) is 4.79 Å². The molecule has 0 saturated carbocycles. The van der Waals surface area contributed by atoms with Crippen LogP contribution in [0.25, 0.3) is 6.08 Å². The van der Waals surface area contributed by atoms with Gasteiger partial charge in [-0.15, -0.1) is 0 Å². The fraction of sp³-hybridized carbons (Fsp3) is 0.375. The summed E-state index contributed by atoms with van der Waals surface area (Å²) in [5, 5.41) is 0. The van der Waals surface area contributed by atoms with Gasteiger partial charge in [-0.2, -0.15) is 0 Å². The summed E-state index contributed by atoms with van der Waals surface area (Å²) in [6.07, 6.45) is 5.15. The second-order valence-corrected chi connectivity index (χ2v) is 7.09. The topological polar surface area (TPSA) is 66.5 Å². The van der Waals surface area contributed by atoms with Crippen molar-refractivity contribution in [2.75, 3.05) is 42.1 Å². The van der Waals surface area contributed by atoms with Crippen LogP contribution in [-0.4, -0.2) is 52.9 Å². The smallest absolute Gasteiger partial charge is 0.247 e. The number of likely N-dealkylation sites (tertiary alicyclic amines) is 1. The van der Waals surface area contributed by atoms with E-state index in [2.05, 4.69) is 0 Å². The average molecular weight is 427 g/mol. The first-order valence-corrected chi connectivity index (χ1v) is 10.1. The third-order valence-electron chi connectivity index (χ3n) is 5.44. The molecule has 1 atom stereocenters. The van der Waals surface area contributed by atoms with Crippen LogP contribution in [0.1, 0.15) is 30.0 Å². The first kappa shape index (κ1) is 22.3. The zero-order valence-corrected chi connectivity index (χ0v) is 18.6. The summed E-state index contributed by atoms with van der Waals surface area (Å²) in [6.45, 7) is 0.693. The van der Waals surface area contributed by atoms with Gasteiger partial charge in [0.2, 0.25) is 11.7 Å². The second kappa shape index (κ2) is 10.1. The largest absolute Gasteiger partial charge is 0.497 e. The molecule has 3 rings (SSSR count). The molecule has 0 spiro atoms. The van der Waals surface area contributed by atoms with Crippen molar-refractivity contribution in [3.05, 3.63) is 47.5 Å². The van der Waals surface area contributed by atoms with Crippen molar-refractivity contribution in [2.24, 2.45) is 0 Å². The van der Waals surface area contributed by atoms with Crippen LogP contribution in [0.2, 0.25) is 0 Å². The highest BCUT2D eigenvalue weighted by molar-refractivity contribution is 5.92. The number of rotatable bonds is 8. The molecule has 0 radical (unpaired) electrons. The predicted octanol–water partition coefficient (Wildman–Crippen LogP) is 4.11. The number of benzene rings is 2. The standard InChI is InChI=1S/C24H29NO6/c1-27-17-9-10-18(20(15-17)28-2)19-7-6-12-25(19)23(26)11-8-16-13-21(29-3)24(31-5)22(14-16)30-4/h8-11,13-15,19H,6-7,12H2,1-5H3/b11-8+. The molecule has 0 aromatic heterocycles. The zero-order valence-electron chi connectivity index (χ0n) is 18.6. The van der Waals surface area contributed by atoms with Crippen LogP contribution < -0.4 is 23.7 Å². The molecule has 0 aliphatic carbocycles. The van der Waals surface area contributed by atoms with Crippen molar-refractivity contribution < 1.29 is 28.5 Å². The Balaban J connectivity index is 1.84. The maximum absolute atomic E-state index is 13.0. The van der Waals surface area contributed by atoms with Crippen LogP contribution in [-0.2, 0) is 4.79 Å². The number of hydrogen-bond acceptors (Lipinski definition) is 6. The Hall–Kier alpha value is -3.35. The van der Waals surface area contributed by atoms with E-state index < -0.39 is 0 Å². The molecule has 31 heavy (non-hydrogen) atoms. The zero-order chi connectivity index (χ0) is 22.4. The number of methoxy groups -OCH3 is 5. The monoisotopic (exact) mass is 427 g/mol. The lowest BCUT2D eigenvalue weighted by Crippen LogP contribution is -2.29. The van der Waals surface area contributed by atoms with Crippen LogP contribution in [0.15, 0.2) is 36.4 Å². The van der Waals surface area contributed by atoms with Crippen LogP contribution in [0, 0.1) is 0 Å². The summed E-state index contributed by atoms with van der Waals surface area (Å²) in [7, 11) is 7.93. The normalized spacial score (nSPS) is 15.8. The van der Waals surface area contributed by atoms with Crippen LogP contribution in [0.5, 0.6) is 28.7 Å². The number of carbonyl (C=O) groups is 1. The average Bonchev–Trinajstić information content (AvgIpc) is 3.30. The number of hydrogen-bond donors (Lipinski definition) is 0. The first-order valence-electron chi connectivity index (χ1n) is 10.1. The van der Waals surface area contributed by atoms with Gasteiger partial charge in [0.25, 0.3) is 0 Å². The van der Waals surface area contributed by atoms with Crippen molar-refractivity contribution in [3.8, 4) is 28.7 Å². The van der Waals surface area contributed by atoms with E-state index in [1.54, 1.807) is 59.8 Å². The quantitative estimate of drug-likeness (QED) is 0.591. The lowest BCUT2D eigenvalue weighted by molar-refractivity contribution is -0.126. The minimum atomic E-state index is -0.0610. The molecule has 1 saturated heterocycles. The van der Waals surface area contributed by atoms with E-state index in [4.69, 9.17) is 23.7 Å². The SMILES string of the molecule is COc1ccc(C2CCCN2C(=O)/C=C/c2cc(OC)c(OC)c(OC)c2)c(OC)c1. The van der Waals surface area contributed by atoms with Crippen molar-refractivity contribution in [2.45, 2.75) is 18.9 Å². The fourth-order valence-corrected chi connectivity index (χ4v) is 3.91. The van der Waals surface area contributed by atoms with Gasteiger partial charge in [-0.05, 0) is 48.7 Å². The van der Waals surface area contributed by atoms with E-state index in [0.717, 1.165) is 35.5 Å². The summed E-state index contributed by atoms with van der Waals surface area (Å²) in [5.41, 5.74) is 1.76. The minimum absolute atomic E-state index is 0.0436. The Labute approximate surface area is 183 Å². The molecule has 1 aliphatic rings. The molecule has 166 valence electrons. The number of amides is 1. The second-order valence-electron chi connectivity index (χ2n) is 7.09. The molecule has 1 fully saturated rings. The molecular formula is C24H29NO6. The number of nitrogens with zero attached hydrogens (tertiary/aromatic N) is 1. The van der Waals surface area contributed by atoms with E-state index in [1.165, 1.54) is 0 Å². The van der Waals surface area contributed by atoms with E-state index in [-0.39, 0.29) is 11.9 Å². The highest BCUT2D eigenvalue weighted by Gasteiger charge is 2.31. The highest BCUT2D eigenvalue weighted by Crippen LogP contribution is 2.40. The number of ether oxygens (including phenoxy) is 5. The van der Waals surface area contributed by atoms with Gasteiger partial charge in [-0.1, -0.05) is 0 Å². The maximum atomic E-state index is 13.0. The van der Waals surface area contributed by atoms with E-state index in [0.29, 0.717) is 23.8 Å². The number of carbonyl (C=O) groups excluding carboxylic acids is 1. The molecule has 2 aromatic carbocycles. The van der Waals surface area contributed by atoms with Gasteiger partial charge in [-0.25, -0.2) is 0 Å².